The first-order valence-electron chi connectivity index (χ1n) is 1.85. The third-order valence-electron chi connectivity index (χ3n) is 0.167. The van der Waals surface area contributed by atoms with Crippen molar-refractivity contribution in [2.45, 2.75) is 0 Å². The minimum absolute atomic E-state index is 0. The van der Waals surface area contributed by atoms with Gasteiger partial charge in [-0.3, -0.25) is 0 Å². The Bertz CT molecular complexity index is 93.0. The summed E-state index contributed by atoms with van der Waals surface area (Å²) in [4.78, 5) is 9.14. The number of aliphatic carboxylic acids is 1. The van der Waals surface area contributed by atoms with Crippen LogP contribution < -0.4 is 40.4 Å². The number of carboxylic acid groups (broad SMARTS) is 1. The van der Waals surface area contributed by atoms with E-state index in [2.05, 4.69) is 18.9 Å². The van der Waals surface area contributed by atoms with Crippen LogP contribution in [-0.2, 0) is 4.79 Å². The van der Waals surface area contributed by atoms with E-state index < -0.39 is 5.97 Å². The van der Waals surface area contributed by atoms with Gasteiger partial charge in [0.25, 0.3) is 0 Å². The standard InChI is InChI=1S/C3H4O2.C2H5N.Na/c1-2-3(4)5;1-2-3;/h2H,1H2,(H,4,5);2H,1,3H2;/q;;+1/p-1. The van der Waals surface area contributed by atoms with Crippen molar-refractivity contribution < 1.29 is 39.5 Å². The zero-order chi connectivity index (χ0) is 6.99. The van der Waals surface area contributed by atoms with Crippen molar-refractivity contribution in [2.75, 3.05) is 0 Å². The Morgan fingerprint density at radius 1 is 1.56 bits per heavy atom. The number of nitrogens with two attached hydrogens (primary N) is 1. The maximum Gasteiger partial charge on any atom is 1.00 e. The summed E-state index contributed by atoms with van der Waals surface area (Å²) in [6.45, 7) is 6.04. The summed E-state index contributed by atoms with van der Waals surface area (Å²) in [7, 11) is 0. The summed E-state index contributed by atoms with van der Waals surface area (Å²) in [6.07, 6.45) is 1.97. The Morgan fingerprint density at radius 3 is 1.67 bits per heavy atom. The maximum absolute atomic E-state index is 9.14. The molecular formula is C5H8NNaO2. The number of carbonyl (C=O) groups excluding carboxylic acids is 1. The molecule has 0 spiro atoms. The molecule has 0 unspecified atom stereocenters. The van der Waals surface area contributed by atoms with E-state index in [1.807, 2.05) is 0 Å². The van der Waals surface area contributed by atoms with Crippen molar-refractivity contribution in [3.8, 4) is 0 Å². The molecule has 0 atom stereocenters. The average molecular weight is 137 g/mol. The summed E-state index contributed by atoms with van der Waals surface area (Å²) in [5.41, 5.74) is 4.61. The quantitative estimate of drug-likeness (QED) is 0.296. The van der Waals surface area contributed by atoms with Crippen LogP contribution in [0.3, 0.4) is 0 Å². The molecule has 2 N–H and O–H groups in total. The zero-order valence-corrected chi connectivity index (χ0v) is 7.46. The van der Waals surface area contributed by atoms with E-state index in [1.165, 1.54) is 6.20 Å². The van der Waals surface area contributed by atoms with E-state index in [4.69, 9.17) is 9.90 Å². The molecule has 0 rings (SSSR count). The van der Waals surface area contributed by atoms with Crippen molar-refractivity contribution >= 4 is 5.97 Å². The fraction of sp³-hybridized carbons (Fsp3) is 0. The molecular weight excluding hydrogens is 129 g/mol. The first-order chi connectivity index (χ1) is 3.68. The van der Waals surface area contributed by atoms with Gasteiger partial charge < -0.3 is 15.6 Å². The molecule has 0 fully saturated rings. The fourth-order valence-corrected chi connectivity index (χ4v) is 0. The van der Waals surface area contributed by atoms with Gasteiger partial charge in [-0.2, -0.15) is 0 Å². The predicted octanol–water partition coefficient (Wildman–Crippen LogP) is -3.99. The maximum atomic E-state index is 9.14. The molecule has 0 radical (unpaired) electrons. The van der Waals surface area contributed by atoms with Crippen molar-refractivity contribution in [1.29, 1.82) is 0 Å². The van der Waals surface area contributed by atoms with Crippen LogP contribution in [0.25, 0.3) is 0 Å². The Morgan fingerprint density at radius 2 is 1.67 bits per heavy atom. The van der Waals surface area contributed by atoms with Crippen molar-refractivity contribution in [1.82, 2.24) is 0 Å². The zero-order valence-electron chi connectivity index (χ0n) is 5.46. The molecule has 0 aromatic heterocycles. The van der Waals surface area contributed by atoms with Crippen molar-refractivity contribution in [2.24, 2.45) is 5.73 Å². The molecule has 3 nitrogen and oxygen atoms in total. The van der Waals surface area contributed by atoms with Gasteiger partial charge in [0.2, 0.25) is 0 Å². The second-order valence-corrected chi connectivity index (χ2v) is 0.759. The Labute approximate surface area is 76.5 Å². The van der Waals surface area contributed by atoms with Gasteiger partial charge in [-0.25, -0.2) is 0 Å². The predicted molar refractivity (Wildman–Crippen MR) is 29.6 cm³/mol. The number of carboxylic acids is 1. The van der Waals surface area contributed by atoms with Gasteiger partial charge in [-0.15, -0.1) is 0 Å². The molecule has 0 saturated heterocycles. The van der Waals surface area contributed by atoms with Gasteiger partial charge in [0.1, 0.15) is 0 Å². The molecule has 9 heavy (non-hydrogen) atoms. The summed E-state index contributed by atoms with van der Waals surface area (Å²) < 4.78 is 0. The Balaban J connectivity index is -0.0000000800. The van der Waals surface area contributed by atoms with E-state index in [0.29, 0.717) is 0 Å². The molecule has 46 valence electrons. The van der Waals surface area contributed by atoms with Gasteiger partial charge in [0.05, 0.1) is 5.97 Å². The minimum atomic E-state index is -1.23. The first kappa shape index (κ1) is 15.9. The Kier molecular flexibility index (Phi) is 27.6. The van der Waals surface area contributed by atoms with Gasteiger partial charge >= 0.3 is 29.6 Å². The van der Waals surface area contributed by atoms with Gasteiger partial charge in [-0.1, -0.05) is 13.2 Å². The summed E-state index contributed by atoms with van der Waals surface area (Å²) >= 11 is 0. The third kappa shape index (κ3) is 83.7. The van der Waals surface area contributed by atoms with E-state index in [1.54, 1.807) is 0 Å². The second kappa shape index (κ2) is 15.7. The van der Waals surface area contributed by atoms with E-state index in [9.17, 15) is 0 Å². The van der Waals surface area contributed by atoms with Crippen molar-refractivity contribution in [3.05, 3.63) is 25.4 Å². The van der Waals surface area contributed by atoms with Crippen LogP contribution in [0.1, 0.15) is 0 Å². The van der Waals surface area contributed by atoms with Crippen LogP contribution in [0, 0.1) is 0 Å². The molecule has 0 aromatic carbocycles. The van der Waals surface area contributed by atoms with Gasteiger partial charge in [0, 0.05) is 0 Å². The number of hydrogen-bond donors (Lipinski definition) is 1. The SMILES string of the molecule is C=CC(=O)[O-].C=CN.[Na+]. The molecule has 0 heterocycles. The van der Waals surface area contributed by atoms with Crippen LogP contribution >= 0.6 is 0 Å². The van der Waals surface area contributed by atoms with Gasteiger partial charge in [-0.05, 0) is 12.3 Å². The topological polar surface area (TPSA) is 66.1 Å². The van der Waals surface area contributed by atoms with E-state index in [-0.39, 0.29) is 29.6 Å². The number of rotatable bonds is 1. The second-order valence-electron chi connectivity index (χ2n) is 0.759. The first-order valence-corrected chi connectivity index (χ1v) is 1.85. The number of hydrogen-bond acceptors (Lipinski definition) is 3. The molecule has 4 heteroatoms. The molecule has 0 aliphatic carbocycles. The largest absolute Gasteiger partial charge is 1.00 e. The van der Waals surface area contributed by atoms with Crippen LogP contribution in [-0.4, -0.2) is 5.97 Å². The monoisotopic (exact) mass is 137 g/mol. The summed E-state index contributed by atoms with van der Waals surface area (Å²) in [6, 6.07) is 0. The number of carbonyl (C=O) groups is 1. The van der Waals surface area contributed by atoms with Crippen molar-refractivity contribution in [3.63, 3.8) is 0 Å². The molecule has 0 aliphatic rings. The molecule has 0 bridgehead atoms. The smallest absolute Gasteiger partial charge is 0.545 e. The molecule has 0 aromatic rings. The third-order valence-corrected chi connectivity index (χ3v) is 0.167. The van der Waals surface area contributed by atoms with Crippen LogP contribution in [0.4, 0.5) is 0 Å². The normalized spacial score (nSPS) is 4.89. The summed E-state index contributed by atoms with van der Waals surface area (Å²) in [5, 5.41) is 9.14. The van der Waals surface area contributed by atoms with Crippen LogP contribution in [0.2, 0.25) is 0 Å². The van der Waals surface area contributed by atoms with Crippen LogP contribution in [0.15, 0.2) is 25.4 Å². The summed E-state index contributed by atoms with van der Waals surface area (Å²) in [5.74, 6) is -1.23. The molecule has 0 aliphatic heterocycles. The molecule has 0 amide bonds. The minimum Gasteiger partial charge on any atom is -0.545 e. The molecule has 0 saturated carbocycles. The van der Waals surface area contributed by atoms with E-state index >= 15 is 0 Å². The van der Waals surface area contributed by atoms with E-state index in [0.717, 1.165) is 6.08 Å². The average Bonchev–Trinajstić information content (AvgIpc) is 1.69. The van der Waals surface area contributed by atoms with Gasteiger partial charge in [0.15, 0.2) is 0 Å². The Hall–Kier alpha value is -0.250. The fourth-order valence-electron chi connectivity index (χ4n) is 0. The van der Waals surface area contributed by atoms with Crippen LogP contribution in [0.5, 0.6) is 0 Å².